The molecule has 102 valence electrons. The molecule has 0 spiro atoms. The molecule has 0 unspecified atom stereocenters. The number of hydrogen-bond acceptors (Lipinski definition) is 4. The Morgan fingerprint density at radius 3 is 2.63 bits per heavy atom. The summed E-state index contributed by atoms with van der Waals surface area (Å²) < 4.78 is 51.7. The number of sulfonamides is 1. The van der Waals surface area contributed by atoms with Crippen molar-refractivity contribution in [2.75, 3.05) is 0 Å². The second kappa shape index (κ2) is 5.32. The molecular formula is C11H10F2N2O2S2. The normalized spacial score (nSPS) is 11.7. The van der Waals surface area contributed by atoms with E-state index >= 15 is 0 Å². The van der Waals surface area contributed by atoms with Gasteiger partial charge < -0.3 is 0 Å². The highest BCUT2D eigenvalue weighted by Gasteiger charge is 2.16. The molecule has 8 heteroatoms. The average Bonchev–Trinajstić information content (AvgIpc) is 2.76. The Morgan fingerprint density at radius 2 is 2.05 bits per heavy atom. The zero-order chi connectivity index (χ0) is 14.0. The van der Waals surface area contributed by atoms with E-state index in [0.717, 1.165) is 17.1 Å². The van der Waals surface area contributed by atoms with Crippen LogP contribution in [0.2, 0.25) is 0 Å². The lowest BCUT2D eigenvalue weighted by Gasteiger charge is -2.05. The van der Waals surface area contributed by atoms with Crippen molar-refractivity contribution < 1.29 is 17.2 Å². The number of nitrogens with one attached hydrogen (secondary N) is 1. The molecule has 0 radical (unpaired) electrons. The first-order valence-electron chi connectivity index (χ1n) is 5.24. The molecule has 4 nitrogen and oxygen atoms in total. The third kappa shape index (κ3) is 3.34. The van der Waals surface area contributed by atoms with Crippen molar-refractivity contribution in [3.05, 3.63) is 45.9 Å². The molecule has 0 aliphatic rings. The van der Waals surface area contributed by atoms with Crippen LogP contribution in [-0.4, -0.2) is 13.4 Å². The lowest BCUT2D eigenvalue weighted by Crippen LogP contribution is -2.23. The highest BCUT2D eigenvalue weighted by Crippen LogP contribution is 2.14. The van der Waals surface area contributed by atoms with Crippen LogP contribution >= 0.6 is 11.3 Å². The molecular weight excluding hydrogens is 294 g/mol. The van der Waals surface area contributed by atoms with E-state index in [1.165, 1.54) is 11.3 Å². The van der Waals surface area contributed by atoms with Crippen LogP contribution < -0.4 is 4.72 Å². The molecule has 2 aromatic rings. The Bertz CT molecular complexity index is 698. The van der Waals surface area contributed by atoms with Crippen LogP contribution in [0.1, 0.15) is 10.7 Å². The molecule has 0 saturated heterocycles. The van der Waals surface area contributed by atoms with Gasteiger partial charge in [0.05, 0.1) is 22.1 Å². The minimum atomic E-state index is -3.88. The van der Waals surface area contributed by atoms with Crippen LogP contribution in [0.3, 0.4) is 0 Å². The fourth-order valence-corrected chi connectivity index (χ4v) is 3.01. The molecule has 19 heavy (non-hydrogen) atoms. The van der Waals surface area contributed by atoms with Crippen LogP contribution in [0.15, 0.2) is 28.5 Å². The summed E-state index contributed by atoms with van der Waals surface area (Å²) >= 11 is 1.40. The highest BCUT2D eigenvalue weighted by atomic mass is 32.2. The molecule has 0 atom stereocenters. The fourth-order valence-electron chi connectivity index (χ4n) is 1.39. The zero-order valence-electron chi connectivity index (χ0n) is 9.85. The van der Waals surface area contributed by atoms with E-state index in [1.54, 1.807) is 12.3 Å². The van der Waals surface area contributed by atoms with Gasteiger partial charge in [-0.05, 0) is 25.1 Å². The third-order valence-corrected chi connectivity index (χ3v) is 4.53. The van der Waals surface area contributed by atoms with Crippen LogP contribution in [0, 0.1) is 18.6 Å². The summed E-state index contributed by atoms with van der Waals surface area (Å²) in [4.78, 5) is 3.78. The summed E-state index contributed by atoms with van der Waals surface area (Å²) in [5, 5.41) is 2.55. The molecule has 0 aliphatic heterocycles. The van der Waals surface area contributed by atoms with Crippen LogP contribution in [0.4, 0.5) is 8.78 Å². The molecule has 0 aliphatic carbocycles. The summed E-state index contributed by atoms with van der Waals surface area (Å²) in [6.45, 7) is 1.81. The summed E-state index contributed by atoms with van der Waals surface area (Å²) in [7, 11) is -3.88. The maximum Gasteiger partial charge on any atom is 0.241 e. The third-order valence-electron chi connectivity index (χ3n) is 2.31. The fraction of sp³-hybridized carbons (Fsp3) is 0.182. The molecule has 1 aromatic heterocycles. The second-order valence-electron chi connectivity index (χ2n) is 3.76. The van der Waals surface area contributed by atoms with Crippen molar-refractivity contribution in [3.8, 4) is 0 Å². The van der Waals surface area contributed by atoms with Gasteiger partial charge in [-0.2, -0.15) is 0 Å². The molecule has 1 heterocycles. The number of hydrogen-bond donors (Lipinski definition) is 1. The topological polar surface area (TPSA) is 59.1 Å². The van der Waals surface area contributed by atoms with Gasteiger partial charge in [0.1, 0.15) is 0 Å². The Hall–Kier alpha value is -1.38. The predicted octanol–water partition coefficient (Wildman–Crippen LogP) is 2.21. The Morgan fingerprint density at radius 1 is 1.32 bits per heavy atom. The maximum atomic E-state index is 13.0. The highest BCUT2D eigenvalue weighted by molar-refractivity contribution is 7.89. The van der Waals surface area contributed by atoms with Crippen molar-refractivity contribution in [3.63, 3.8) is 0 Å². The molecule has 0 amide bonds. The minimum absolute atomic E-state index is 0.00562. The number of halogens is 2. The molecule has 0 saturated carbocycles. The van der Waals surface area contributed by atoms with E-state index in [1.807, 2.05) is 0 Å². The number of nitrogens with zero attached hydrogens (tertiary/aromatic N) is 1. The summed E-state index contributed by atoms with van der Waals surface area (Å²) in [5.74, 6) is -2.29. The average molecular weight is 304 g/mol. The smallest absolute Gasteiger partial charge is 0.241 e. The van der Waals surface area contributed by atoms with E-state index in [9.17, 15) is 17.2 Å². The van der Waals surface area contributed by atoms with Gasteiger partial charge in [-0.25, -0.2) is 26.9 Å². The lowest BCUT2D eigenvalue weighted by molar-refractivity contribution is 0.504. The maximum absolute atomic E-state index is 13.0. The summed E-state index contributed by atoms with van der Waals surface area (Å²) in [6, 6.07) is 2.42. The molecule has 0 fully saturated rings. The van der Waals surface area contributed by atoms with Gasteiger partial charge >= 0.3 is 0 Å². The number of aromatic nitrogens is 1. The van der Waals surface area contributed by atoms with Crippen LogP contribution in [0.25, 0.3) is 0 Å². The first-order chi connectivity index (χ1) is 8.88. The molecule has 1 N–H and O–H groups in total. The van der Waals surface area contributed by atoms with E-state index in [4.69, 9.17) is 0 Å². The first-order valence-corrected chi connectivity index (χ1v) is 7.60. The van der Waals surface area contributed by atoms with Gasteiger partial charge in [-0.15, -0.1) is 11.3 Å². The van der Waals surface area contributed by atoms with Gasteiger partial charge in [0, 0.05) is 5.38 Å². The monoisotopic (exact) mass is 304 g/mol. The van der Waals surface area contributed by atoms with Gasteiger partial charge in [-0.3, -0.25) is 0 Å². The van der Waals surface area contributed by atoms with Gasteiger partial charge in [0.2, 0.25) is 10.0 Å². The molecule has 2 rings (SSSR count). The van der Waals surface area contributed by atoms with Gasteiger partial charge in [-0.1, -0.05) is 0 Å². The Kier molecular flexibility index (Phi) is 3.93. The predicted molar refractivity (Wildman–Crippen MR) is 67.2 cm³/mol. The van der Waals surface area contributed by atoms with Gasteiger partial charge in [0.25, 0.3) is 0 Å². The van der Waals surface area contributed by atoms with Crippen molar-refractivity contribution in [1.29, 1.82) is 0 Å². The number of thiazole rings is 1. The minimum Gasteiger partial charge on any atom is -0.245 e. The second-order valence-corrected chi connectivity index (χ2v) is 6.59. The van der Waals surface area contributed by atoms with E-state index in [0.29, 0.717) is 11.8 Å². The number of aryl methyl sites for hydroxylation is 1. The zero-order valence-corrected chi connectivity index (χ0v) is 11.5. The standard InChI is InChI=1S/C11H10F2N2O2S2/c1-7-15-8(6-18-7)5-14-19(16,17)9-2-3-10(12)11(13)4-9/h2-4,6,14H,5H2,1H3. The molecule has 0 bridgehead atoms. The summed E-state index contributed by atoms with van der Waals surface area (Å²) in [6.07, 6.45) is 0. The van der Waals surface area contributed by atoms with Crippen molar-refractivity contribution >= 4 is 21.4 Å². The molecule has 1 aromatic carbocycles. The largest absolute Gasteiger partial charge is 0.245 e. The summed E-state index contributed by atoms with van der Waals surface area (Å²) in [5.41, 5.74) is 0.577. The Labute approximate surface area is 113 Å². The van der Waals surface area contributed by atoms with E-state index in [-0.39, 0.29) is 11.4 Å². The van der Waals surface area contributed by atoms with Crippen molar-refractivity contribution in [2.24, 2.45) is 0 Å². The van der Waals surface area contributed by atoms with Crippen molar-refractivity contribution in [1.82, 2.24) is 9.71 Å². The van der Waals surface area contributed by atoms with E-state index < -0.39 is 21.7 Å². The van der Waals surface area contributed by atoms with Crippen LogP contribution in [-0.2, 0) is 16.6 Å². The van der Waals surface area contributed by atoms with Gasteiger partial charge in [0.15, 0.2) is 11.6 Å². The van der Waals surface area contributed by atoms with E-state index in [2.05, 4.69) is 9.71 Å². The van der Waals surface area contributed by atoms with Crippen molar-refractivity contribution in [2.45, 2.75) is 18.4 Å². The lowest BCUT2D eigenvalue weighted by atomic mass is 10.3. The number of benzene rings is 1. The Balaban J connectivity index is 2.16. The quantitative estimate of drug-likeness (QED) is 0.942. The van der Waals surface area contributed by atoms with Crippen LogP contribution in [0.5, 0.6) is 0 Å². The SMILES string of the molecule is Cc1nc(CNS(=O)(=O)c2ccc(F)c(F)c2)cs1. The number of rotatable bonds is 4. The first kappa shape index (κ1) is 14.0.